The molecule has 0 aliphatic carbocycles. The monoisotopic (exact) mass is 379 g/mol. The maximum atomic E-state index is 14.3. The zero-order valence-electron chi connectivity index (χ0n) is 14.5. The molecule has 1 fully saturated rings. The number of nitrogens with zero attached hydrogens (tertiary/aromatic N) is 1. The lowest BCUT2D eigenvalue weighted by Crippen LogP contribution is -2.45. The van der Waals surface area contributed by atoms with Gasteiger partial charge in [0, 0.05) is 25.2 Å². The van der Waals surface area contributed by atoms with E-state index >= 15 is 0 Å². The summed E-state index contributed by atoms with van der Waals surface area (Å²) in [6, 6.07) is 16.0. The summed E-state index contributed by atoms with van der Waals surface area (Å²) in [4.78, 5) is 2.16. The Labute approximate surface area is 153 Å². The molecule has 26 heavy (non-hydrogen) atoms. The van der Waals surface area contributed by atoms with Gasteiger partial charge in [-0.1, -0.05) is 48.5 Å². The molecule has 7 heteroatoms. The molecular weight excluding hydrogens is 357 g/mol. The summed E-state index contributed by atoms with van der Waals surface area (Å²) in [5, 5.41) is 0. The predicted molar refractivity (Wildman–Crippen MR) is 96.5 cm³/mol. The number of benzene rings is 2. The molecule has 0 N–H and O–H groups in total. The molecule has 3 rings (SSSR count). The smallest absolute Gasteiger partial charge is 0.265 e. The van der Waals surface area contributed by atoms with Crippen molar-refractivity contribution in [2.75, 3.05) is 26.0 Å². The van der Waals surface area contributed by atoms with Crippen LogP contribution in [0, 0.1) is 5.82 Å². The summed E-state index contributed by atoms with van der Waals surface area (Å²) in [5.41, 5.74) is 1.34. The van der Waals surface area contributed by atoms with Gasteiger partial charge in [-0.15, -0.1) is 0 Å². The van der Waals surface area contributed by atoms with Crippen molar-refractivity contribution in [1.82, 2.24) is 4.90 Å². The van der Waals surface area contributed by atoms with E-state index in [9.17, 15) is 12.8 Å². The molecule has 0 unspecified atom stereocenters. The van der Waals surface area contributed by atoms with Crippen LogP contribution in [0.1, 0.15) is 17.2 Å². The van der Waals surface area contributed by atoms with Crippen LogP contribution >= 0.6 is 0 Å². The van der Waals surface area contributed by atoms with Crippen LogP contribution in [0.25, 0.3) is 0 Å². The summed E-state index contributed by atoms with van der Waals surface area (Å²) in [7, 11) is -3.78. The van der Waals surface area contributed by atoms with Gasteiger partial charge in [0.1, 0.15) is 18.0 Å². The zero-order chi connectivity index (χ0) is 18.6. The van der Waals surface area contributed by atoms with Crippen LogP contribution in [0.4, 0.5) is 4.39 Å². The van der Waals surface area contributed by atoms with Crippen molar-refractivity contribution < 1.29 is 21.7 Å². The molecule has 2 aromatic carbocycles. The Balaban J connectivity index is 1.80. The van der Waals surface area contributed by atoms with E-state index in [1.54, 1.807) is 12.1 Å². The zero-order valence-corrected chi connectivity index (χ0v) is 15.4. The topological polar surface area (TPSA) is 55.8 Å². The van der Waals surface area contributed by atoms with Crippen LogP contribution in [0.15, 0.2) is 54.6 Å². The van der Waals surface area contributed by atoms with Crippen LogP contribution in [0.2, 0.25) is 0 Å². The highest BCUT2D eigenvalue weighted by molar-refractivity contribution is 7.86. The third-order valence-corrected chi connectivity index (χ3v) is 4.81. The van der Waals surface area contributed by atoms with E-state index in [4.69, 9.17) is 8.92 Å². The predicted octanol–water partition coefficient (Wildman–Crippen LogP) is 2.74. The third-order valence-electron chi connectivity index (χ3n) is 4.25. The van der Waals surface area contributed by atoms with Crippen LogP contribution in [-0.4, -0.2) is 45.4 Å². The number of halogens is 1. The van der Waals surface area contributed by atoms with Gasteiger partial charge in [-0.3, -0.25) is 9.08 Å². The van der Waals surface area contributed by atoms with E-state index in [-0.39, 0.29) is 5.56 Å². The van der Waals surface area contributed by atoms with Gasteiger partial charge in [-0.05, 0) is 11.6 Å². The molecule has 2 atom stereocenters. The van der Waals surface area contributed by atoms with Crippen molar-refractivity contribution >= 4 is 10.1 Å². The molecule has 0 aromatic heterocycles. The molecule has 0 bridgehead atoms. The van der Waals surface area contributed by atoms with Gasteiger partial charge in [0.2, 0.25) is 0 Å². The minimum Gasteiger partial charge on any atom is -0.372 e. The Kier molecular flexibility index (Phi) is 6.03. The number of morpholine rings is 1. The summed E-state index contributed by atoms with van der Waals surface area (Å²) in [6.45, 7) is 2.30. The molecule has 140 valence electrons. The lowest BCUT2D eigenvalue weighted by Gasteiger charge is -2.36. The van der Waals surface area contributed by atoms with E-state index in [0.717, 1.165) is 11.8 Å². The molecule has 1 saturated heterocycles. The molecular formula is C19H22FNO4S. The minimum absolute atomic E-state index is 0.185. The molecule has 0 saturated carbocycles. The Morgan fingerprint density at radius 2 is 1.88 bits per heavy atom. The second-order valence-electron chi connectivity index (χ2n) is 6.37. The highest BCUT2D eigenvalue weighted by atomic mass is 32.2. The minimum atomic E-state index is -3.78. The van der Waals surface area contributed by atoms with Gasteiger partial charge >= 0.3 is 0 Å². The highest BCUT2D eigenvalue weighted by Crippen LogP contribution is 2.30. The van der Waals surface area contributed by atoms with Crippen LogP contribution in [0.5, 0.6) is 0 Å². The molecule has 1 aliphatic heterocycles. The van der Waals surface area contributed by atoms with Crippen molar-refractivity contribution in [3.05, 3.63) is 71.5 Å². The molecule has 0 radical (unpaired) electrons. The lowest BCUT2D eigenvalue weighted by molar-refractivity contribution is -0.0830. The van der Waals surface area contributed by atoms with E-state index in [0.29, 0.717) is 26.2 Å². The van der Waals surface area contributed by atoms with Gasteiger partial charge < -0.3 is 4.74 Å². The standard InChI is InChI=1S/C19H22FNO4S/c1-26(22,23)25-19(16-9-5-6-10-17(16)20)18-14-21(11-12-24-18)13-15-7-3-2-4-8-15/h2-10,18-19H,11-14H2,1H3/t18-,19+/m0/s1. The van der Waals surface area contributed by atoms with Crippen molar-refractivity contribution in [3.63, 3.8) is 0 Å². The first-order chi connectivity index (χ1) is 12.4. The van der Waals surface area contributed by atoms with Crippen LogP contribution < -0.4 is 0 Å². The SMILES string of the molecule is CS(=O)(=O)O[C@H](c1ccccc1F)[C@@H]1CN(Cc2ccccc2)CCO1. The largest absolute Gasteiger partial charge is 0.372 e. The first-order valence-corrected chi connectivity index (χ1v) is 10.2. The third kappa shape index (κ3) is 5.11. The van der Waals surface area contributed by atoms with E-state index < -0.39 is 28.1 Å². The summed E-state index contributed by atoms with van der Waals surface area (Å²) >= 11 is 0. The maximum Gasteiger partial charge on any atom is 0.265 e. The molecule has 1 heterocycles. The maximum absolute atomic E-state index is 14.3. The molecule has 0 spiro atoms. The van der Waals surface area contributed by atoms with Crippen molar-refractivity contribution in [3.8, 4) is 0 Å². The van der Waals surface area contributed by atoms with E-state index in [1.807, 2.05) is 30.3 Å². The highest BCUT2D eigenvalue weighted by Gasteiger charge is 2.34. The summed E-state index contributed by atoms with van der Waals surface area (Å²) in [5.74, 6) is -0.509. The number of rotatable bonds is 6. The number of hydrogen-bond acceptors (Lipinski definition) is 5. The Morgan fingerprint density at radius 3 is 2.58 bits per heavy atom. The second-order valence-corrected chi connectivity index (χ2v) is 7.97. The average Bonchev–Trinajstić information content (AvgIpc) is 2.61. The van der Waals surface area contributed by atoms with Crippen molar-refractivity contribution in [2.45, 2.75) is 18.8 Å². The van der Waals surface area contributed by atoms with E-state index in [1.165, 1.54) is 12.1 Å². The fourth-order valence-corrected chi connectivity index (χ4v) is 3.71. The Bertz CT molecular complexity index is 828. The average molecular weight is 379 g/mol. The lowest BCUT2D eigenvalue weighted by atomic mass is 10.0. The molecule has 1 aliphatic rings. The quantitative estimate of drug-likeness (QED) is 0.723. The first kappa shape index (κ1) is 19.0. The van der Waals surface area contributed by atoms with Crippen molar-refractivity contribution in [1.29, 1.82) is 0 Å². The first-order valence-electron chi connectivity index (χ1n) is 8.43. The van der Waals surface area contributed by atoms with Gasteiger partial charge in [-0.25, -0.2) is 4.39 Å². The Morgan fingerprint density at radius 1 is 1.19 bits per heavy atom. The number of ether oxygens (including phenoxy) is 1. The van der Waals surface area contributed by atoms with Crippen LogP contribution in [0.3, 0.4) is 0 Å². The summed E-state index contributed by atoms with van der Waals surface area (Å²) < 4.78 is 48.7. The van der Waals surface area contributed by atoms with Gasteiger partial charge in [0.25, 0.3) is 10.1 Å². The second kappa shape index (κ2) is 8.26. The fourth-order valence-electron chi connectivity index (χ4n) is 3.11. The van der Waals surface area contributed by atoms with Gasteiger partial charge in [0.05, 0.1) is 12.9 Å². The fraction of sp³-hybridized carbons (Fsp3) is 0.368. The molecule has 2 aromatic rings. The van der Waals surface area contributed by atoms with Gasteiger partial charge in [0.15, 0.2) is 0 Å². The molecule has 0 amide bonds. The molecule has 5 nitrogen and oxygen atoms in total. The number of hydrogen-bond donors (Lipinski definition) is 0. The normalized spacial score (nSPS) is 20.0. The van der Waals surface area contributed by atoms with Crippen molar-refractivity contribution in [2.24, 2.45) is 0 Å². The van der Waals surface area contributed by atoms with Gasteiger partial charge in [-0.2, -0.15) is 8.42 Å². The summed E-state index contributed by atoms with van der Waals surface area (Å²) in [6.07, 6.45) is -0.644. The van der Waals surface area contributed by atoms with E-state index in [2.05, 4.69) is 4.90 Å². The Hall–Kier alpha value is -1.80. The van der Waals surface area contributed by atoms with Crippen LogP contribution in [-0.2, 0) is 25.6 Å².